The van der Waals surface area contributed by atoms with Crippen LogP contribution in [0.25, 0.3) is 0 Å². The van der Waals surface area contributed by atoms with Gasteiger partial charge < -0.3 is 15.5 Å². The van der Waals surface area contributed by atoms with E-state index in [0.717, 1.165) is 32.0 Å². The molecule has 0 saturated carbocycles. The molecule has 0 aliphatic carbocycles. The van der Waals surface area contributed by atoms with Crippen LogP contribution in [0.3, 0.4) is 0 Å². The number of urea groups is 1. The third-order valence-corrected chi connectivity index (χ3v) is 4.23. The summed E-state index contributed by atoms with van der Waals surface area (Å²) in [5, 5.41) is 6.39. The zero-order valence-corrected chi connectivity index (χ0v) is 12.3. The Morgan fingerprint density at radius 1 is 1.33 bits per heavy atom. The second kappa shape index (κ2) is 7.19. The van der Waals surface area contributed by atoms with E-state index < -0.39 is 0 Å². The maximum atomic E-state index is 11.6. The maximum absolute atomic E-state index is 11.6. The average molecular weight is 276 g/mol. The minimum atomic E-state index is 0. The molecule has 106 valence electrons. The van der Waals surface area contributed by atoms with Crippen molar-refractivity contribution in [3.8, 4) is 0 Å². The van der Waals surface area contributed by atoms with Gasteiger partial charge >= 0.3 is 6.03 Å². The fourth-order valence-electron chi connectivity index (χ4n) is 3.10. The lowest BCUT2D eigenvalue weighted by molar-refractivity contribution is 0.137. The molecule has 0 radical (unpaired) electrons. The lowest BCUT2D eigenvalue weighted by Crippen LogP contribution is -2.51. The molecule has 2 aliphatic rings. The molecule has 0 bridgehead atoms. The number of carbonyl (C=O) groups excluding carboxylic acids is 1. The molecule has 1 unspecified atom stereocenters. The molecule has 2 aliphatic heterocycles. The Morgan fingerprint density at radius 3 is 2.72 bits per heavy atom. The van der Waals surface area contributed by atoms with Crippen LogP contribution in [0.2, 0.25) is 0 Å². The number of likely N-dealkylation sites (tertiary alicyclic amines) is 1. The first kappa shape index (κ1) is 15.6. The summed E-state index contributed by atoms with van der Waals surface area (Å²) in [6.07, 6.45) is 5.01. The van der Waals surface area contributed by atoms with Crippen LogP contribution < -0.4 is 10.6 Å². The van der Waals surface area contributed by atoms with Gasteiger partial charge in [-0.2, -0.15) is 0 Å². The first-order valence-corrected chi connectivity index (χ1v) is 6.90. The van der Waals surface area contributed by atoms with Crippen LogP contribution in [-0.2, 0) is 0 Å². The van der Waals surface area contributed by atoms with Gasteiger partial charge in [-0.15, -0.1) is 12.4 Å². The van der Waals surface area contributed by atoms with Crippen LogP contribution in [0, 0.1) is 11.8 Å². The summed E-state index contributed by atoms with van der Waals surface area (Å²) in [6.45, 7) is 5.28. The second-order valence-electron chi connectivity index (χ2n) is 5.60. The first-order chi connectivity index (χ1) is 8.20. The fourth-order valence-corrected chi connectivity index (χ4v) is 3.10. The normalized spacial score (nSPS) is 32.6. The van der Waals surface area contributed by atoms with E-state index in [1.165, 1.54) is 19.3 Å². The van der Waals surface area contributed by atoms with Gasteiger partial charge in [0.2, 0.25) is 0 Å². The van der Waals surface area contributed by atoms with Crippen molar-refractivity contribution < 1.29 is 4.79 Å². The van der Waals surface area contributed by atoms with Crippen molar-refractivity contribution >= 4 is 18.4 Å². The monoisotopic (exact) mass is 275 g/mol. The Hall–Kier alpha value is -0.480. The van der Waals surface area contributed by atoms with Gasteiger partial charge in [-0.3, -0.25) is 0 Å². The third kappa shape index (κ3) is 3.75. The summed E-state index contributed by atoms with van der Waals surface area (Å²) in [4.78, 5) is 13.6. The number of hydrogen-bond acceptors (Lipinski definition) is 2. The number of piperidine rings is 2. The van der Waals surface area contributed by atoms with E-state index in [-0.39, 0.29) is 18.4 Å². The lowest BCUT2D eigenvalue weighted by Gasteiger charge is -2.39. The van der Waals surface area contributed by atoms with Gasteiger partial charge in [0, 0.05) is 26.2 Å². The van der Waals surface area contributed by atoms with E-state index in [2.05, 4.69) is 17.6 Å². The van der Waals surface area contributed by atoms with Gasteiger partial charge in [-0.05, 0) is 44.1 Å². The van der Waals surface area contributed by atoms with Crippen molar-refractivity contribution in [2.45, 2.75) is 38.6 Å². The molecule has 2 heterocycles. The molecule has 0 aromatic carbocycles. The van der Waals surface area contributed by atoms with Crippen molar-refractivity contribution in [1.82, 2.24) is 15.5 Å². The Bertz CT molecular complexity index is 267. The van der Waals surface area contributed by atoms with E-state index in [4.69, 9.17) is 0 Å². The highest BCUT2D eigenvalue weighted by Crippen LogP contribution is 2.26. The molecule has 18 heavy (non-hydrogen) atoms. The van der Waals surface area contributed by atoms with E-state index in [0.29, 0.717) is 12.0 Å². The number of hydrogen-bond donors (Lipinski definition) is 2. The van der Waals surface area contributed by atoms with Crippen molar-refractivity contribution in [2.75, 3.05) is 26.7 Å². The van der Waals surface area contributed by atoms with Crippen LogP contribution in [0.1, 0.15) is 32.6 Å². The quantitative estimate of drug-likeness (QED) is 0.767. The van der Waals surface area contributed by atoms with E-state index in [1.807, 2.05) is 4.90 Å². The first-order valence-electron chi connectivity index (χ1n) is 6.90. The van der Waals surface area contributed by atoms with Crippen LogP contribution in [0.15, 0.2) is 0 Å². The Balaban J connectivity index is 0.00000162. The molecule has 4 nitrogen and oxygen atoms in total. The predicted molar refractivity (Wildman–Crippen MR) is 76.2 cm³/mol. The highest BCUT2D eigenvalue weighted by molar-refractivity contribution is 5.85. The number of carbonyl (C=O) groups is 1. The molecular formula is C13H26ClN3O. The minimum absolute atomic E-state index is 0. The molecule has 0 aromatic heterocycles. The van der Waals surface area contributed by atoms with Crippen LogP contribution in [-0.4, -0.2) is 43.7 Å². The SMILES string of the molecule is CNC(=O)N1CCCC([C@H]2CC[C@H](C)CN2)C1.Cl. The Kier molecular flexibility index (Phi) is 6.22. The summed E-state index contributed by atoms with van der Waals surface area (Å²) in [7, 11) is 1.71. The molecule has 2 amide bonds. The molecule has 0 spiro atoms. The number of amides is 2. The van der Waals surface area contributed by atoms with Crippen molar-refractivity contribution in [3.63, 3.8) is 0 Å². The van der Waals surface area contributed by atoms with Crippen LogP contribution >= 0.6 is 12.4 Å². The van der Waals surface area contributed by atoms with Crippen molar-refractivity contribution in [1.29, 1.82) is 0 Å². The van der Waals surface area contributed by atoms with Gasteiger partial charge in [0.15, 0.2) is 0 Å². The molecule has 3 atom stereocenters. The Morgan fingerprint density at radius 2 is 2.11 bits per heavy atom. The van der Waals surface area contributed by atoms with E-state index in [9.17, 15) is 4.79 Å². The fraction of sp³-hybridized carbons (Fsp3) is 0.923. The molecule has 5 heteroatoms. The number of nitrogens with one attached hydrogen (secondary N) is 2. The largest absolute Gasteiger partial charge is 0.341 e. The Labute approximate surface area is 116 Å². The van der Waals surface area contributed by atoms with Gasteiger partial charge in [0.1, 0.15) is 0 Å². The maximum Gasteiger partial charge on any atom is 0.317 e. The summed E-state index contributed by atoms with van der Waals surface area (Å²) >= 11 is 0. The summed E-state index contributed by atoms with van der Waals surface area (Å²) in [6, 6.07) is 0.706. The average Bonchev–Trinajstić information content (AvgIpc) is 2.39. The third-order valence-electron chi connectivity index (χ3n) is 4.23. The van der Waals surface area contributed by atoms with Gasteiger partial charge in [-0.25, -0.2) is 4.79 Å². The predicted octanol–water partition coefficient (Wildman–Crippen LogP) is 1.85. The van der Waals surface area contributed by atoms with Gasteiger partial charge in [0.25, 0.3) is 0 Å². The highest BCUT2D eigenvalue weighted by atomic mass is 35.5. The second-order valence-corrected chi connectivity index (χ2v) is 5.60. The van der Waals surface area contributed by atoms with E-state index in [1.54, 1.807) is 7.05 Å². The number of nitrogens with zero attached hydrogens (tertiary/aromatic N) is 1. The smallest absolute Gasteiger partial charge is 0.317 e. The molecule has 0 aromatic rings. The topological polar surface area (TPSA) is 44.4 Å². The summed E-state index contributed by atoms with van der Waals surface area (Å²) < 4.78 is 0. The zero-order valence-electron chi connectivity index (χ0n) is 11.4. The number of rotatable bonds is 1. The van der Waals surface area contributed by atoms with Crippen molar-refractivity contribution in [2.24, 2.45) is 11.8 Å². The molecule has 2 saturated heterocycles. The van der Waals surface area contributed by atoms with Gasteiger partial charge in [-0.1, -0.05) is 6.92 Å². The highest BCUT2D eigenvalue weighted by Gasteiger charge is 2.30. The van der Waals surface area contributed by atoms with E-state index >= 15 is 0 Å². The minimum Gasteiger partial charge on any atom is -0.341 e. The molecule has 2 rings (SSSR count). The van der Waals surface area contributed by atoms with Gasteiger partial charge in [0.05, 0.1) is 0 Å². The molecule has 2 N–H and O–H groups in total. The standard InChI is InChI=1S/C13H25N3O.ClH/c1-10-5-6-12(15-8-10)11-4-3-7-16(9-11)13(17)14-2;/h10-12,15H,3-9H2,1-2H3,(H,14,17);1H/t10-,11?,12+;/m0./s1. The zero-order chi connectivity index (χ0) is 12.3. The van der Waals surface area contributed by atoms with Crippen LogP contribution in [0.4, 0.5) is 4.79 Å². The van der Waals surface area contributed by atoms with Crippen LogP contribution in [0.5, 0.6) is 0 Å². The number of halogens is 1. The summed E-state index contributed by atoms with van der Waals surface area (Å²) in [5.41, 5.74) is 0. The molecule has 2 fully saturated rings. The molecular weight excluding hydrogens is 250 g/mol. The lowest BCUT2D eigenvalue weighted by atomic mass is 9.84. The summed E-state index contributed by atoms with van der Waals surface area (Å²) in [5.74, 6) is 1.46. The van der Waals surface area contributed by atoms with Crippen molar-refractivity contribution in [3.05, 3.63) is 0 Å².